The van der Waals surface area contributed by atoms with Crippen LogP contribution in [-0.4, -0.2) is 41.2 Å². The second-order valence-corrected chi connectivity index (χ2v) is 11.2. The van der Waals surface area contributed by atoms with E-state index < -0.39 is 56.6 Å². The van der Waals surface area contributed by atoms with Gasteiger partial charge < -0.3 is 19.8 Å². The smallest absolute Gasteiger partial charge is 0.549 e. The Morgan fingerprint density at radius 3 is 1.16 bits per heavy atom. The molecule has 0 saturated carbocycles. The van der Waals surface area contributed by atoms with Crippen LogP contribution in [0.1, 0.15) is 124 Å². The van der Waals surface area contributed by atoms with Crippen LogP contribution >= 0.6 is 0 Å². The normalized spacial score (nSPS) is 13.1. The number of unbranched alkanes of at least 4 members (excludes halogenated alkanes) is 12. The van der Waals surface area contributed by atoms with Gasteiger partial charge in [0.25, 0.3) is 10.1 Å². The van der Waals surface area contributed by atoms with Gasteiger partial charge in [-0.1, -0.05) is 90.9 Å². The van der Waals surface area contributed by atoms with Gasteiger partial charge in [0, 0.05) is 12.8 Å². The van der Waals surface area contributed by atoms with Gasteiger partial charge in [-0.25, -0.2) is 0 Å². The zero-order valence-electron chi connectivity index (χ0n) is 23.4. The van der Waals surface area contributed by atoms with Gasteiger partial charge in [-0.3, -0.25) is 14.1 Å². The molecule has 1 atom stereocenters. The summed E-state index contributed by atoms with van der Waals surface area (Å²) >= 11 is 0. The summed E-state index contributed by atoms with van der Waals surface area (Å²) in [6.45, 7) is 4.45. The first-order valence-electron chi connectivity index (χ1n) is 12.8. The minimum Gasteiger partial charge on any atom is -0.549 e. The van der Waals surface area contributed by atoms with Gasteiger partial charge in [0.2, 0.25) is 0 Å². The molecule has 12 heteroatoms. The summed E-state index contributed by atoms with van der Waals surface area (Å²) in [5, 5.41) is 24.2. The van der Waals surface area contributed by atoms with Crippen molar-refractivity contribution < 1.29 is 101 Å². The van der Waals surface area contributed by atoms with Crippen LogP contribution < -0.4 is 69.3 Å². The molecule has 0 saturated heterocycles. The fourth-order valence-corrected chi connectivity index (χ4v) is 5.33. The fourth-order valence-electron chi connectivity index (χ4n) is 4.42. The van der Waals surface area contributed by atoms with Crippen LogP contribution in [0, 0.1) is 5.41 Å². The predicted octanol–water partition coefficient (Wildman–Crippen LogP) is -3.45. The minimum absolute atomic E-state index is 0. The van der Waals surface area contributed by atoms with Crippen molar-refractivity contribution in [1.29, 1.82) is 0 Å². The molecule has 0 aliphatic carbocycles. The zero-order valence-corrected chi connectivity index (χ0v) is 28.3. The van der Waals surface area contributed by atoms with Gasteiger partial charge in [0.1, 0.15) is 0 Å². The maximum Gasteiger partial charge on any atom is 1.00 e. The molecular weight excluding hydrogens is 522 g/mol. The number of Topliss-reactive ketones (excluding diaryl/α,β-unsaturated/α-hetero) is 2. The van der Waals surface area contributed by atoms with E-state index in [1.54, 1.807) is 0 Å². The molecule has 0 aromatic carbocycles. The standard InChI is InChI=1S/C25H44O9S.2Na/c1-4-6-8-10-12-14-16-18-20(26)25(23(30)31,24(3,22(28)29)35(32,33)34)21(27)19-17-15-13-11-9-7-5-2;;/h4-19H2,1-3H3,(H,28,29)(H,30,31)(H,32,33,34);;/q;2*+1/p-2. The minimum atomic E-state index is -5.77. The Bertz CT molecular complexity index is 785. The molecule has 9 nitrogen and oxygen atoms in total. The topological polar surface area (TPSA) is 169 Å². The maximum absolute atomic E-state index is 13.2. The van der Waals surface area contributed by atoms with E-state index in [-0.39, 0.29) is 72.0 Å². The molecule has 0 aromatic heterocycles. The Labute approximate surface area is 266 Å². The van der Waals surface area contributed by atoms with Crippen molar-refractivity contribution in [2.45, 2.75) is 128 Å². The molecule has 0 aliphatic heterocycles. The van der Waals surface area contributed by atoms with E-state index in [1.165, 1.54) is 0 Å². The first kappa shape index (κ1) is 41.7. The van der Waals surface area contributed by atoms with Crippen molar-refractivity contribution in [3.63, 3.8) is 0 Å². The van der Waals surface area contributed by atoms with Gasteiger partial charge in [0.05, 0.1) is 11.9 Å². The molecule has 204 valence electrons. The summed E-state index contributed by atoms with van der Waals surface area (Å²) < 4.78 is 30.3. The molecular formula is C25H42Na2O9S. The van der Waals surface area contributed by atoms with Gasteiger partial charge in [-0.15, -0.1) is 0 Å². The molecule has 0 spiro atoms. The Hall–Kier alpha value is 0.190. The van der Waals surface area contributed by atoms with Crippen molar-refractivity contribution in [3.05, 3.63) is 0 Å². The SMILES string of the molecule is CCCCCCCCCC(=O)C(C(=O)[O-])(C(=O)CCCCCCCCC)C(C)(C(=O)[O-])S(=O)(=O)O.[Na+].[Na+]. The molecule has 0 rings (SSSR count). The summed E-state index contributed by atoms with van der Waals surface area (Å²) in [5.74, 6) is -7.81. The summed E-state index contributed by atoms with van der Waals surface area (Å²) in [5.41, 5.74) is -3.61. The van der Waals surface area contributed by atoms with Gasteiger partial charge >= 0.3 is 59.1 Å². The average Bonchev–Trinajstić information content (AvgIpc) is 2.77. The third-order valence-electron chi connectivity index (χ3n) is 6.78. The largest absolute Gasteiger partial charge is 1.00 e. The molecule has 37 heavy (non-hydrogen) atoms. The monoisotopic (exact) mass is 564 g/mol. The van der Waals surface area contributed by atoms with Crippen LogP contribution in [0.25, 0.3) is 0 Å². The predicted molar refractivity (Wildman–Crippen MR) is 128 cm³/mol. The van der Waals surface area contributed by atoms with Gasteiger partial charge in [-0.05, 0) is 19.8 Å². The fraction of sp³-hybridized carbons (Fsp3) is 0.840. The van der Waals surface area contributed by atoms with E-state index in [0.717, 1.165) is 64.2 Å². The molecule has 0 aliphatic rings. The molecule has 0 amide bonds. The van der Waals surface area contributed by atoms with E-state index in [2.05, 4.69) is 13.8 Å². The van der Waals surface area contributed by atoms with Gasteiger partial charge in [-0.2, -0.15) is 8.42 Å². The van der Waals surface area contributed by atoms with Gasteiger partial charge in [0.15, 0.2) is 21.7 Å². The number of hydrogen-bond donors (Lipinski definition) is 1. The van der Waals surface area contributed by atoms with E-state index in [1.807, 2.05) is 0 Å². The quantitative estimate of drug-likeness (QED) is 0.0608. The summed E-state index contributed by atoms with van der Waals surface area (Å²) in [7, 11) is -5.77. The molecule has 0 bridgehead atoms. The van der Waals surface area contributed by atoms with Crippen LogP contribution in [0.15, 0.2) is 0 Å². The van der Waals surface area contributed by atoms with E-state index in [0.29, 0.717) is 19.8 Å². The van der Waals surface area contributed by atoms with E-state index in [9.17, 15) is 42.4 Å². The molecule has 1 unspecified atom stereocenters. The van der Waals surface area contributed by atoms with Crippen molar-refractivity contribution in [1.82, 2.24) is 0 Å². The summed E-state index contributed by atoms with van der Waals surface area (Å²) in [6, 6.07) is 0. The Balaban J connectivity index is -0.00000578. The molecule has 0 aromatic rings. The van der Waals surface area contributed by atoms with E-state index in [4.69, 9.17) is 0 Å². The number of ketones is 2. The molecule has 0 radical (unpaired) electrons. The number of carboxylic acid groups (broad SMARTS) is 2. The van der Waals surface area contributed by atoms with Crippen LogP contribution in [0.5, 0.6) is 0 Å². The maximum atomic E-state index is 13.2. The second-order valence-electron chi connectivity index (χ2n) is 9.42. The van der Waals surface area contributed by atoms with Crippen LogP contribution in [0.3, 0.4) is 0 Å². The number of aliphatic carboxylic acids is 2. The first-order valence-corrected chi connectivity index (χ1v) is 14.3. The number of carbonyl (C=O) groups is 4. The van der Waals surface area contributed by atoms with Crippen LogP contribution in [-0.2, 0) is 29.3 Å². The van der Waals surface area contributed by atoms with Crippen molar-refractivity contribution in [2.75, 3.05) is 0 Å². The third-order valence-corrected chi connectivity index (χ3v) is 8.28. The van der Waals surface area contributed by atoms with Crippen molar-refractivity contribution >= 4 is 33.6 Å². The number of carbonyl (C=O) groups excluding carboxylic acids is 4. The number of rotatable bonds is 22. The summed E-state index contributed by atoms with van der Waals surface area (Å²) in [4.78, 5) is 50.6. The van der Waals surface area contributed by atoms with Crippen molar-refractivity contribution in [2.24, 2.45) is 5.41 Å². The first-order chi connectivity index (χ1) is 16.3. The molecule has 0 fully saturated rings. The Morgan fingerprint density at radius 1 is 0.622 bits per heavy atom. The average molecular weight is 565 g/mol. The second kappa shape index (κ2) is 21.0. The summed E-state index contributed by atoms with van der Waals surface area (Å²) in [6.07, 6.45) is 9.69. The Morgan fingerprint density at radius 2 is 0.919 bits per heavy atom. The molecule has 1 N–H and O–H groups in total. The third kappa shape index (κ3) is 11.7. The van der Waals surface area contributed by atoms with E-state index >= 15 is 0 Å². The zero-order chi connectivity index (χ0) is 27.1. The number of carboxylic acids is 2. The van der Waals surface area contributed by atoms with Crippen molar-refractivity contribution in [3.8, 4) is 0 Å². The number of hydrogen-bond acceptors (Lipinski definition) is 8. The van der Waals surface area contributed by atoms with Crippen LogP contribution in [0.2, 0.25) is 0 Å². The van der Waals surface area contributed by atoms with Crippen LogP contribution in [0.4, 0.5) is 0 Å². The Kier molecular flexibility index (Phi) is 23.7. The molecule has 0 heterocycles.